The molecule has 1 atom stereocenters. The first-order valence-corrected chi connectivity index (χ1v) is 7.87. The van der Waals surface area contributed by atoms with Gasteiger partial charge in [-0.3, -0.25) is 4.79 Å². The van der Waals surface area contributed by atoms with E-state index in [0.717, 1.165) is 36.8 Å². The van der Waals surface area contributed by atoms with Crippen LogP contribution in [0.3, 0.4) is 0 Å². The molecule has 1 aliphatic heterocycles. The largest absolute Gasteiger partial charge is 0.496 e. The van der Waals surface area contributed by atoms with Crippen LogP contribution in [0.1, 0.15) is 29.6 Å². The number of amides is 1. The zero-order valence-electron chi connectivity index (χ0n) is 11.6. The molecule has 2 fully saturated rings. The number of nitrogens with zero attached hydrogens (tertiary/aromatic N) is 1. The van der Waals surface area contributed by atoms with Gasteiger partial charge in [0.05, 0.1) is 12.7 Å². The highest BCUT2D eigenvalue weighted by Crippen LogP contribution is 2.34. The predicted molar refractivity (Wildman–Crippen MR) is 81.2 cm³/mol. The summed E-state index contributed by atoms with van der Waals surface area (Å²) in [6, 6.07) is 6.33. The first-order chi connectivity index (χ1) is 9.70. The number of ether oxygens (including phenoxy) is 1. The van der Waals surface area contributed by atoms with Crippen molar-refractivity contribution in [2.24, 2.45) is 0 Å². The molecule has 108 valence electrons. The highest BCUT2D eigenvalue weighted by molar-refractivity contribution is 9.10. The van der Waals surface area contributed by atoms with Gasteiger partial charge >= 0.3 is 0 Å². The number of benzene rings is 1. The van der Waals surface area contributed by atoms with Crippen LogP contribution in [0.15, 0.2) is 22.7 Å². The van der Waals surface area contributed by atoms with Gasteiger partial charge in [-0.25, -0.2) is 0 Å². The minimum absolute atomic E-state index is 0.0966. The molecule has 1 amide bonds. The number of carbonyl (C=O) groups excluding carboxylic acids is 1. The monoisotopic (exact) mass is 338 g/mol. The van der Waals surface area contributed by atoms with E-state index in [4.69, 9.17) is 4.74 Å². The topological polar surface area (TPSA) is 41.6 Å². The van der Waals surface area contributed by atoms with Gasteiger partial charge in [0.2, 0.25) is 0 Å². The van der Waals surface area contributed by atoms with Crippen molar-refractivity contribution < 1.29 is 9.53 Å². The lowest BCUT2D eigenvalue weighted by molar-refractivity contribution is 0.0672. The van der Waals surface area contributed by atoms with Gasteiger partial charge in [0, 0.05) is 23.1 Å². The first-order valence-electron chi connectivity index (χ1n) is 7.07. The molecule has 0 radical (unpaired) electrons. The van der Waals surface area contributed by atoms with Crippen molar-refractivity contribution in [3.63, 3.8) is 0 Å². The smallest absolute Gasteiger partial charge is 0.258 e. The van der Waals surface area contributed by atoms with Crippen LogP contribution in [0.2, 0.25) is 0 Å². The summed E-state index contributed by atoms with van der Waals surface area (Å²) in [5.74, 6) is 0.745. The fourth-order valence-corrected chi connectivity index (χ4v) is 3.21. The summed E-state index contributed by atoms with van der Waals surface area (Å²) in [4.78, 5) is 15.0. The number of rotatable bonds is 4. The number of methoxy groups -OCH3 is 1. The number of nitrogens with one attached hydrogen (secondary N) is 1. The molecule has 1 N–H and O–H groups in total. The maximum atomic E-state index is 12.9. The molecular weight excluding hydrogens is 320 g/mol. The van der Waals surface area contributed by atoms with Crippen LogP contribution in [-0.2, 0) is 0 Å². The Hall–Kier alpha value is -1.07. The van der Waals surface area contributed by atoms with Gasteiger partial charge < -0.3 is 15.0 Å². The number of hydrogen-bond acceptors (Lipinski definition) is 3. The molecule has 1 unspecified atom stereocenters. The van der Waals surface area contributed by atoms with Crippen LogP contribution in [0.4, 0.5) is 0 Å². The standard InChI is InChI=1S/C15H19BrN2O2/c1-20-14-5-2-10(16)8-13(14)15(19)18(11-3-4-11)12-6-7-17-9-12/h2,5,8,11-12,17H,3-4,6-7,9H2,1H3. The summed E-state index contributed by atoms with van der Waals surface area (Å²) in [5, 5.41) is 3.35. The quantitative estimate of drug-likeness (QED) is 0.916. The number of halogens is 1. The van der Waals surface area contributed by atoms with E-state index in [2.05, 4.69) is 26.1 Å². The third-order valence-electron chi connectivity index (χ3n) is 3.99. The zero-order chi connectivity index (χ0) is 14.1. The van der Waals surface area contributed by atoms with E-state index < -0.39 is 0 Å². The lowest BCUT2D eigenvalue weighted by Gasteiger charge is -2.29. The fraction of sp³-hybridized carbons (Fsp3) is 0.533. The van der Waals surface area contributed by atoms with E-state index in [1.165, 1.54) is 0 Å². The molecule has 1 heterocycles. The molecule has 0 aromatic heterocycles. The Labute approximate surface area is 127 Å². The van der Waals surface area contributed by atoms with Crippen molar-refractivity contribution in [2.75, 3.05) is 20.2 Å². The summed E-state index contributed by atoms with van der Waals surface area (Å²) in [6.45, 7) is 1.90. The molecule has 0 spiro atoms. The van der Waals surface area contributed by atoms with Gasteiger partial charge in [0.15, 0.2) is 0 Å². The van der Waals surface area contributed by atoms with E-state index in [-0.39, 0.29) is 5.91 Å². The average Bonchev–Trinajstić information content (AvgIpc) is 3.13. The average molecular weight is 339 g/mol. The Morgan fingerprint density at radius 1 is 1.35 bits per heavy atom. The molecule has 1 saturated carbocycles. The second kappa shape index (κ2) is 5.74. The third-order valence-corrected chi connectivity index (χ3v) is 4.49. The highest BCUT2D eigenvalue weighted by Gasteiger charge is 2.39. The van der Waals surface area contributed by atoms with Gasteiger partial charge in [-0.05, 0) is 44.0 Å². The van der Waals surface area contributed by atoms with Gasteiger partial charge in [-0.2, -0.15) is 0 Å². The van der Waals surface area contributed by atoms with Gasteiger partial charge in [-0.1, -0.05) is 15.9 Å². The van der Waals surface area contributed by atoms with Gasteiger partial charge in [-0.15, -0.1) is 0 Å². The molecule has 1 aromatic rings. The Bertz CT molecular complexity index is 511. The van der Waals surface area contributed by atoms with E-state index in [1.807, 2.05) is 18.2 Å². The third kappa shape index (κ3) is 2.69. The maximum Gasteiger partial charge on any atom is 0.258 e. The summed E-state index contributed by atoms with van der Waals surface area (Å²) < 4.78 is 6.26. The Kier molecular flexibility index (Phi) is 3.98. The molecule has 2 aliphatic rings. The van der Waals surface area contributed by atoms with Crippen LogP contribution < -0.4 is 10.1 Å². The minimum Gasteiger partial charge on any atom is -0.496 e. The van der Waals surface area contributed by atoms with E-state index in [1.54, 1.807) is 7.11 Å². The summed E-state index contributed by atoms with van der Waals surface area (Å²) in [6.07, 6.45) is 3.29. The lowest BCUT2D eigenvalue weighted by atomic mass is 10.1. The first kappa shape index (κ1) is 13.9. The van der Waals surface area contributed by atoms with Crippen LogP contribution in [0, 0.1) is 0 Å². The summed E-state index contributed by atoms with van der Waals surface area (Å²) in [7, 11) is 1.61. The molecule has 4 nitrogen and oxygen atoms in total. The van der Waals surface area contributed by atoms with Gasteiger partial charge in [0.25, 0.3) is 5.91 Å². The second-order valence-electron chi connectivity index (χ2n) is 5.43. The van der Waals surface area contributed by atoms with Crippen molar-refractivity contribution in [3.05, 3.63) is 28.2 Å². The Morgan fingerprint density at radius 2 is 2.15 bits per heavy atom. The number of carbonyl (C=O) groups is 1. The fourth-order valence-electron chi connectivity index (χ4n) is 2.85. The Morgan fingerprint density at radius 3 is 2.75 bits per heavy atom. The molecule has 3 rings (SSSR count). The zero-order valence-corrected chi connectivity index (χ0v) is 13.1. The maximum absolute atomic E-state index is 12.9. The van der Waals surface area contributed by atoms with E-state index in [0.29, 0.717) is 23.4 Å². The van der Waals surface area contributed by atoms with Crippen molar-refractivity contribution in [1.29, 1.82) is 0 Å². The normalized spacial score (nSPS) is 21.8. The van der Waals surface area contributed by atoms with Crippen molar-refractivity contribution in [3.8, 4) is 5.75 Å². The van der Waals surface area contributed by atoms with Gasteiger partial charge in [0.1, 0.15) is 5.75 Å². The molecule has 20 heavy (non-hydrogen) atoms. The molecule has 1 aliphatic carbocycles. The van der Waals surface area contributed by atoms with Crippen molar-refractivity contribution >= 4 is 21.8 Å². The van der Waals surface area contributed by atoms with Crippen LogP contribution >= 0.6 is 15.9 Å². The van der Waals surface area contributed by atoms with Crippen molar-refractivity contribution in [1.82, 2.24) is 10.2 Å². The van der Waals surface area contributed by atoms with Crippen LogP contribution in [-0.4, -0.2) is 43.1 Å². The lowest BCUT2D eigenvalue weighted by Crippen LogP contribution is -2.43. The predicted octanol–water partition coefficient (Wildman–Crippen LogP) is 2.42. The summed E-state index contributed by atoms with van der Waals surface area (Å²) in [5.41, 5.74) is 0.653. The second-order valence-corrected chi connectivity index (χ2v) is 6.35. The van der Waals surface area contributed by atoms with Crippen LogP contribution in [0.25, 0.3) is 0 Å². The number of hydrogen-bond donors (Lipinski definition) is 1. The molecule has 1 aromatic carbocycles. The SMILES string of the molecule is COc1ccc(Br)cc1C(=O)N(C1CC1)C1CCNC1. The van der Waals surface area contributed by atoms with Crippen LogP contribution in [0.5, 0.6) is 5.75 Å². The van der Waals surface area contributed by atoms with E-state index >= 15 is 0 Å². The highest BCUT2D eigenvalue weighted by atomic mass is 79.9. The molecule has 0 bridgehead atoms. The molecule has 5 heteroatoms. The Balaban J connectivity index is 1.90. The van der Waals surface area contributed by atoms with Crippen molar-refractivity contribution in [2.45, 2.75) is 31.3 Å². The van der Waals surface area contributed by atoms with E-state index in [9.17, 15) is 4.79 Å². The minimum atomic E-state index is 0.0966. The molecule has 1 saturated heterocycles. The molecular formula is C15H19BrN2O2. The summed E-state index contributed by atoms with van der Waals surface area (Å²) >= 11 is 3.44.